The minimum atomic E-state index is -0.865. The van der Waals surface area contributed by atoms with Crippen LogP contribution in [-0.4, -0.2) is 17.0 Å². The molecule has 12 heavy (non-hydrogen) atoms. The number of unbranched alkanes of at least 4 members (excludes halogenated alkanes) is 4. The molecule has 2 nitrogen and oxygen atoms in total. The van der Waals surface area contributed by atoms with Crippen molar-refractivity contribution < 1.29 is 9.90 Å². The minimum Gasteiger partial charge on any atom is -0.478 e. The number of hydrogen-bond donors (Lipinski definition) is 1. The molecule has 0 aliphatic rings. The van der Waals surface area contributed by atoms with Gasteiger partial charge >= 0.3 is 5.97 Å². The van der Waals surface area contributed by atoms with Crippen LogP contribution in [0.2, 0.25) is 0 Å². The molecule has 1 N–H and O–H groups in total. The lowest BCUT2D eigenvalue weighted by Gasteiger charge is -1.94. The van der Waals surface area contributed by atoms with E-state index in [9.17, 15) is 4.79 Å². The van der Waals surface area contributed by atoms with Gasteiger partial charge in [0.15, 0.2) is 0 Å². The number of halogens is 1. The van der Waals surface area contributed by atoms with E-state index in [0.29, 0.717) is 0 Å². The van der Waals surface area contributed by atoms with Crippen molar-refractivity contribution in [2.45, 2.75) is 32.1 Å². The highest BCUT2D eigenvalue weighted by Crippen LogP contribution is 2.04. The van der Waals surface area contributed by atoms with Gasteiger partial charge in [-0.2, -0.15) is 0 Å². The number of alkyl halides is 1. The summed E-state index contributed by atoms with van der Waals surface area (Å²) in [6.45, 7) is 0. The number of carboxylic acids is 1. The molecule has 0 aromatic heterocycles. The van der Waals surface area contributed by atoms with Crippen molar-refractivity contribution in [3.63, 3.8) is 0 Å². The molecular formula is C9H15ClO2. The summed E-state index contributed by atoms with van der Waals surface area (Å²) in [5.74, 6) is -0.138. The third kappa shape index (κ3) is 9.50. The molecule has 0 saturated carbocycles. The molecular weight excluding hydrogens is 176 g/mol. The second-order valence-electron chi connectivity index (χ2n) is 2.63. The minimum absolute atomic E-state index is 0.727. The Balaban J connectivity index is 3.05. The smallest absolute Gasteiger partial charge is 0.327 e. The zero-order valence-electron chi connectivity index (χ0n) is 7.13. The maximum absolute atomic E-state index is 10.0. The second kappa shape index (κ2) is 8.60. The maximum atomic E-state index is 10.0. The van der Waals surface area contributed by atoms with Gasteiger partial charge in [0.2, 0.25) is 0 Å². The van der Waals surface area contributed by atoms with E-state index in [4.69, 9.17) is 16.7 Å². The van der Waals surface area contributed by atoms with E-state index < -0.39 is 5.97 Å². The average Bonchev–Trinajstić information content (AvgIpc) is 2.02. The molecule has 0 rings (SSSR count). The zero-order chi connectivity index (χ0) is 9.23. The summed E-state index contributed by atoms with van der Waals surface area (Å²) < 4.78 is 0. The SMILES string of the molecule is O=C(O)C=CCCCCCCCl. The van der Waals surface area contributed by atoms with Crippen LogP contribution in [0.4, 0.5) is 0 Å². The van der Waals surface area contributed by atoms with Crippen LogP contribution < -0.4 is 0 Å². The van der Waals surface area contributed by atoms with E-state index in [0.717, 1.165) is 38.0 Å². The van der Waals surface area contributed by atoms with Crippen molar-refractivity contribution in [2.24, 2.45) is 0 Å². The molecule has 0 aromatic rings. The first-order valence-corrected chi connectivity index (χ1v) is 4.76. The van der Waals surface area contributed by atoms with Crippen LogP contribution in [0.1, 0.15) is 32.1 Å². The lowest BCUT2D eigenvalue weighted by atomic mass is 10.1. The lowest BCUT2D eigenvalue weighted by Crippen LogP contribution is -1.85. The summed E-state index contributed by atoms with van der Waals surface area (Å²) in [6, 6.07) is 0. The van der Waals surface area contributed by atoms with Crippen molar-refractivity contribution in [3.05, 3.63) is 12.2 Å². The second-order valence-corrected chi connectivity index (χ2v) is 3.01. The highest BCUT2D eigenvalue weighted by Gasteiger charge is 1.88. The molecule has 0 bridgehead atoms. The van der Waals surface area contributed by atoms with Crippen LogP contribution in [0.5, 0.6) is 0 Å². The topological polar surface area (TPSA) is 37.3 Å². The van der Waals surface area contributed by atoms with Crippen LogP contribution >= 0.6 is 11.6 Å². The zero-order valence-corrected chi connectivity index (χ0v) is 7.89. The Kier molecular flexibility index (Phi) is 8.24. The predicted molar refractivity (Wildman–Crippen MR) is 50.6 cm³/mol. The van der Waals surface area contributed by atoms with E-state index in [-0.39, 0.29) is 0 Å². The molecule has 0 radical (unpaired) electrons. The van der Waals surface area contributed by atoms with Gasteiger partial charge < -0.3 is 5.11 Å². The fourth-order valence-corrected chi connectivity index (χ4v) is 1.08. The highest BCUT2D eigenvalue weighted by molar-refractivity contribution is 6.17. The number of hydrogen-bond acceptors (Lipinski definition) is 1. The van der Waals surface area contributed by atoms with Crippen LogP contribution in [0.3, 0.4) is 0 Å². The fraction of sp³-hybridized carbons (Fsp3) is 0.667. The highest BCUT2D eigenvalue weighted by atomic mass is 35.5. The van der Waals surface area contributed by atoms with E-state index >= 15 is 0 Å². The first kappa shape index (κ1) is 11.5. The van der Waals surface area contributed by atoms with E-state index in [1.807, 2.05) is 0 Å². The third-order valence-electron chi connectivity index (χ3n) is 1.51. The van der Waals surface area contributed by atoms with Gasteiger partial charge in [0.05, 0.1) is 0 Å². The van der Waals surface area contributed by atoms with Crippen LogP contribution in [0.25, 0.3) is 0 Å². The predicted octanol–water partition coefficient (Wildman–Crippen LogP) is 2.82. The van der Waals surface area contributed by atoms with Crippen molar-refractivity contribution in [1.29, 1.82) is 0 Å². The molecule has 0 aliphatic heterocycles. The van der Waals surface area contributed by atoms with Gasteiger partial charge in [-0.3, -0.25) is 0 Å². The normalized spacial score (nSPS) is 10.8. The largest absolute Gasteiger partial charge is 0.478 e. The Hall–Kier alpha value is -0.500. The number of carboxylic acid groups (broad SMARTS) is 1. The molecule has 3 heteroatoms. The molecule has 0 unspecified atom stereocenters. The lowest BCUT2D eigenvalue weighted by molar-refractivity contribution is -0.131. The van der Waals surface area contributed by atoms with Crippen LogP contribution in [0.15, 0.2) is 12.2 Å². The van der Waals surface area contributed by atoms with E-state index in [1.54, 1.807) is 6.08 Å². The molecule has 0 aromatic carbocycles. The van der Waals surface area contributed by atoms with Gasteiger partial charge in [-0.25, -0.2) is 4.79 Å². The maximum Gasteiger partial charge on any atom is 0.327 e. The van der Waals surface area contributed by atoms with Gasteiger partial charge in [-0.1, -0.05) is 18.9 Å². The van der Waals surface area contributed by atoms with Gasteiger partial charge in [-0.05, 0) is 19.3 Å². The first-order valence-electron chi connectivity index (χ1n) is 4.23. The summed E-state index contributed by atoms with van der Waals surface area (Å²) in [7, 11) is 0. The van der Waals surface area contributed by atoms with Crippen LogP contribution in [-0.2, 0) is 4.79 Å². The molecule has 70 valence electrons. The quantitative estimate of drug-likeness (QED) is 0.381. The monoisotopic (exact) mass is 190 g/mol. The van der Waals surface area contributed by atoms with Crippen molar-refractivity contribution in [2.75, 3.05) is 5.88 Å². The number of rotatable bonds is 7. The Bertz CT molecular complexity index is 143. The summed E-state index contributed by atoms with van der Waals surface area (Å²) in [4.78, 5) is 10.0. The number of carbonyl (C=O) groups is 1. The Labute approximate surface area is 78.2 Å². The third-order valence-corrected chi connectivity index (χ3v) is 1.78. The fourth-order valence-electron chi connectivity index (χ4n) is 0.894. The Morgan fingerprint density at radius 2 is 1.92 bits per heavy atom. The van der Waals surface area contributed by atoms with Crippen molar-refractivity contribution in [1.82, 2.24) is 0 Å². The van der Waals surface area contributed by atoms with Gasteiger partial charge in [0.1, 0.15) is 0 Å². The summed E-state index contributed by atoms with van der Waals surface area (Å²) >= 11 is 5.49. The first-order chi connectivity index (χ1) is 5.77. The molecule has 0 heterocycles. The summed E-state index contributed by atoms with van der Waals surface area (Å²) in [5.41, 5.74) is 0. The average molecular weight is 191 g/mol. The molecule has 0 atom stereocenters. The van der Waals surface area contributed by atoms with Crippen LogP contribution in [0, 0.1) is 0 Å². The standard InChI is InChI=1S/C9H15ClO2/c10-8-6-4-2-1-3-5-7-9(11)12/h5,7H,1-4,6,8H2,(H,11,12). The number of aliphatic carboxylic acids is 1. The van der Waals surface area contributed by atoms with Gasteiger partial charge in [0, 0.05) is 12.0 Å². The van der Waals surface area contributed by atoms with Gasteiger partial charge in [-0.15, -0.1) is 11.6 Å². The van der Waals surface area contributed by atoms with E-state index in [2.05, 4.69) is 0 Å². The Morgan fingerprint density at radius 1 is 1.25 bits per heavy atom. The molecule has 0 amide bonds. The molecule has 0 spiro atoms. The number of allylic oxidation sites excluding steroid dienone is 1. The van der Waals surface area contributed by atoms with Gasteiger partial charge in [0.25, 0.3) is 0 Å². The summed E-state index contributed by atoms with van der Waals surface area (Å²) in [6.07, 6.45) is 8.14. The molecule has 0 aliphatic carbocycles. The molecule has 0 saturated heterocycles. The van der Waals surface area contributed by atoms with Crippen molar-refractivity contribution >= 4 is 17.6 Å². The molecule has 0 fully saturated rings. The Morgan fingerprint density at radius 3 is 2.50 bits per heavy atom. The van der Waals surface area contributed by atoms with Crippen molar-refractivity contribution in [3.8, 4) is 0 Å². The summed E-state index contributed by atoms with van der Waals surface area (Å²) in [5, 5.41) is 8.25. The van der Waals surface area contributed by atoms with E-state index in [1.165, 1.54) is 6.08 Å².